The molecule has 3 unspecified atom stereocenters. The number of hydrogen-bond donors (Lipinski definition) is 1. The van der Waals surface area contributed by atoms with Gasteiger partial charge in [0.1, 0.15) is 17.7 Å². The summed E-state index contributed by atoms with van der Waals surface area (Å²) in [4.78, 5) is 32.3. The summed E-state index contributed by atoms with van der Waals surface area (Å²) < 4.78 is 10.7. The van der Waals surface area contributed by atoms with Crippen LogP contribution >= 0.6 is 0 Å². The van der Waals surface area contributed by atoms with Gasteiger partial charge in [0, 0.05) is 18.2 Å². The van der Waals surface area contributed by atoms with Gasteiger partial charge in [0.05, 0.1) is 17.9 Å². The highest BCUT2D eigenvalue weighted by Gasteiger charge is 2.40. The Balaban J connectivity index is 1.44. The summed E-state index contributed by atoms with van der Waals surface area (Å²) in [5.41, 5.74) is 2.63. The fraction of sp³-hybridized carbons (Fsp3) is 0.440. The molecule has 174 valence electrons. The molecule has 3 heterocycles. The van der Waals surface area contributed by atoms with Crippen LogP contribution < -0.4 is 5.32 Å². The van der Waals surface area contributed by atoms with E-state index >= 15 is 0 Å². The summed E-state index contributed by atoms with van der Waals surface area (Å²) in [6.45, 7) is 8.30. The first-order chi connectivity index (χ1) is 15.8. The first-order valence-electron chi connectivity index (χ1n) is 11.4. The normalized spacial score (nSPS) is 17.8. The van der Waals surface area contributed by atoms with E-state index in [2.05, 4.69) is 15.5 Å². The average molecular weight is 451 g/mol. The van der Waals surface area contributed by atoms with Crippen molar-refractivity contribution in [3.8, 4) is 11.3 Å². The van der Waals surface area contributed by atoms with Gasteiger partial charge in [-0.2, -0.15) is 0 Å². The predicted octanol–water partition coefficient (Wildman–Crippen LogP) is 4.25. The van der Waals surface area contributed by atoms with E-state index in [-0.39, 0.29) is 23.8 Å². The molecular formula is C25H30N4O4. The molecule has 8 heteroatoms. The number of amides is 2. The van der Waals surface area contributed by atoms with Crippen LogP contribution in [0.1, 0.15) is 62.6 Å². The summed E-state index contributed by atoms with van der Waals surface area (Å²) in [7, 11) is 0. The lowest BCUT2D eigenvalue weighted by molar-refractivity contribution is -0.141. The van der Waals surface area contributed by atoms with E-state index in [0.29, 0.717) is 24.5 Å². The Morgan fingerprint density at radius 2 is 1.94 bits per heavy atom. The first-order valence-corrected chi connectivity index (χ1v) is 11.4. The van der Waals surface area contributed by atoms with Crippen molar-refractivity contribution in [2.24, 2.45) is 5.92 Å². The highest BCUT2D eigenvalue weighted by molar-refractivity contribution is 5.91. The topological polar surface area (TPSA) is 101 Å². The van der Waals surface area contributed by atoms with Gasteiger partial charge in [-0.25, -0.2) is 4.98 Å². The van der Waals surface area contributed by atoms with Gasteiger partial charge >= 0.3 is 0 Å². The molecule has 1 fully saturated rings. The molecule has 1 aromatic carbocycles. The molecule has 0 spiro atoms. The number of aryl methyl sites for hydroxylation is 1. The van der Waals surface area contributed by atoms with Gasteiger partial charge in [0.2, 0.25) is 11.8 Å². The molecule has 3 aromatic rings. The Morgan fingerprint density at radius 3 is 2.55 bits per heavy atom. The number of likely N-dealkylation sites (tertiary alicyclic amines) is 1. The minimum Gasteiger partial charge on any atom is -0.444 e. The van der Waals surface area contributed by atoms with Crippen LogP contribution in [0.15, 0.2) is 51.9 Å². The molecule has 4 rings (SSSR count). The Hall–Kier alpha value is -3.42. The summed E-state index contributed by atoms with van der Waals surface area (Å²) in [6.07, 6.45) is 4.50. The van der Waals surface area contributed by atoms with Crippen LogP contribution in [0.2, 0.25) is 0 Å². The van der Waals surface area contributed by atoms with Crippen molar-refractivity contribution in [3.63, 3.8) is 0 Å². The molecule has 33 heavy (non-hydrogen) atoms. The van der Waals surface area contributed by atoms with Crippen LogP contribution in [0.4, 0.5) is 0 Å². The Morgan fingerprint density at radius 1 is 1.18 bits per heavy atom. The Kier molecular flexibility index (Phi) is 6.62. The van der Waals surface area contributed by atoms with E-state index in [4.69, 9.17) is 8.94 Å². The smallest absolute Gasteiger partial charge is 0.243 e. The maximum atomic E-state index is 13.5. The maximum Gasteiger partial charge on any atom is 0.243 e. The largest absolute Gasteiger partial charge is 0.444 e. The number of nitrogens with zero attached hydrogens (tertiary/aromatic N) is 3. The average Bonchev–Trinajstić information content (AvgIpc) is 3.55. The van der Waals surface area contributed by atoms with Crippen molar-refractivity contribution >= 4 is 11.8 Å². The van der Waals surface area contributed by atoms with Gasteiger partial charge < -0.3 is 19.2 Å². The van der Waals surface area contributed by atoms with Gasteiger partial charge in [0.15, 0.2) is 12.2 Å². The molecule has 0 bridgehead atoms. The summed E-state index contributed by atoms with van der Waals surface area (Å²) >= 11 is 0. The second-order valence-corrected chi connectivity index (χ2v) is 9.00. The summed E-state index contributed by atoms with van der Waals surface area (Å²) in [5, 5.41) is 7.03. The highest BCUT2D eigenvalue weighted by Crippen LogP contribution is 2.31. The molecule has 3 atom stereocenters. The van der Waals surface area contributed by atoms with Crippen LogP contribution in [-0.4, -0.2) is 39.4 Å². The molecule has 0 radical (unpaired) electrons. The van der Waals surface area contributed by atoms with Crippen LogP contribution in [0, 0.1) is 12.8 Å². The van der Waals surface area contributed by atoms with E-state index in [1.54, 1.807) is 17.2 Å². The van der Waals surface area contributed by atoms with Crippen LogP contribution in [0.3, 0.4) is 0 Å². The van der Waals surface area contributed by atoms with Gasteiger partial charge in [-0.15, -0.1) is 0 Å². The predicted molar refractivity (Wildman–Crippen MR) is 122 cm³/mol. The number of nitrogens with one attached hydrogen (secondary N) is 1. The lowest BCUT2D eigenvalue weighted by Crippen LogP contribution is -2.48. The third kappa shape index (κ3) is 4.84. The molecule has 1 N–H and O–H groups in total. The molecule has 0 aliphatic carbocycles. The zero-order valence-corrected chi connectivity index (χ0v) is 19.4. The van der Waals surface area contributed by atoms with Crippen LogP contribution in [-0.2, 0) is 9.59 Å². The van der Waals surface area contributed by atoms with E-state index in [1.165, 1.54) is 6.39 Å². The fourth-order valence-electron chi connectivity index (χ4n) is 4.43. The first kappa shape index (κ1) is 22.8. The van der Waals surface area contributed by atoms with Gasteiger partial charge in [-0.05, 0) is 38.2 Å². The second-order valence-electron chi connectivity index (χ2n) is 9.00. The van der Waals surface area contributed by atoms with E-state index in [9.17, 15) is 9.59 Å². The van der Waals surface area contributed by atoms with E-state index in [0.717, 1.165) is 23.2 Å². The van der Waals surface area contributed by atoms with Crippen LogP contribution in [0.5, 0.6) is 0 Å². The molecule has 2 amide bonds. The molecular weight excluding hydrogens is 420 g/mol. The zero-order chi connectivity index (χ0) is 23.5. The third-order valence-electron chi connectivity index (χ3n) is 6.21. The maximum absolute atomic E-state index is 13.5. The fourth-order valence-corrected chi connectivity index (χ4v) is 4.43. The van der Waals surface area contributed by atoms with Crippen molar-refractivity contribution in [2.45, 2.75) is 58.5 Å². The van der Waals surface area contributed by atoms with E-state index in [1.807, 2.05) is 52.0 Å². The zero-order valence-electron chi connectivity index (χ0n) is 19.4. The summed E-state index contributed by atoms with van der Waals surface area (Å²) in [6, 6.07) is 8.92. The minimum absolute atomic E-state index is 0.0240. The highest BCUT2D eigenvalue weighted by atomic mass is 16.5. The monoisotopic (exact) mass is 450 g/mol. The molecule has 1 aliphatic rings. The molecule has 2 aromatic heterocycles. The quantitative estimate of drug-likeness (QED) is 0.578. The number of benzene rings is 1. The molecule has 1 aliphatic heterocycles. The van der Waals surface area contributed by atoms with Gasteiger partial charge in [-0.3, -0.25) is 9.59 Å². The number of aromatic nitrogens is 2. The lowest BCUT2D eigenvalue weighted by atomic mass is 9.91. The van der Waals surface area contributed by atoms with E-state index < -0.39 is 12.0 Å². The lowest BCUT2D eigenvalue weighted by Gasteiger charge is -2.29. The SMILES string of the molecule is Cc1cc(C(C(=O)N2CCCC2C(=O)NC(C)c2ccc(-c3cnco3)cc2)C(C)C)on1. The van der Waals surface area contributed by atoms with Crippen molar-refractivity contribution < 1.29 is 18.5 Å². The minimum atomic E-state index is -0.487. The van der Waals surface area contributed by atoms with Crippen molar-refractivity contribution in [3.05, 3.63) is 59.9 Å². The number of carbonyl (C=O) groups is 2. The van der Waals surface area contributed by atoms with Gasteiger partial charge in [-0.1, -0.05) is 43.3 Å². The van der Waals surface area contributed by atoms with Crippen LogP contribution in [0.25, 0.3) is 11.3 Å². The Labute approximate surface area is 193 Å². The molecule has 1 saturated heterocycles. The second kappa shape index (κ2) is 9.60. The van der Waals surface area contributed by atoms with Crippen molar-refractivity contribution in [1.29, 1.82) is 0 Å². The van der Waals surface area contributed by atoms with Gasteiger partial charge in [0.25, 0.3) is 0 Å². The number of rotatable bonds is 7. The third-order valence-corrected chi connectivity index (χ3v) is 6.21. The number of carbonyl (C=O) groups excluding carboxylic acids is 2. The molecule has 0 saturated carbocycles. The summed E-state index contributed by atoms with van der Waals surface area (Å²) in [5.74, 6) is 0.599. The number of hydrogen-bond acceptors (Lipinski definition) is 6. The number of oxazole rings is 1. The van der Waals surface area contributed by atoms with Crippen molar-refractivity contribution in [1.82, 2.24) is 20.4 Å². The Bertz CT molecular complexity index is 1090. The van der Waals surface area contributed by atoms with Crippen molar-refractivity contribution in [2.75, 3.05) is 6.54 Å². The molecule has 8 nitrogen and oxygen atoms in total. The standard InChI is InChI=1S/C25H30N4O4/c1-15(2)23(21-12-16(3)28-33-21)25(31)29-11-5-6-20(29)24(30)27-17(4)18-7-9-19(10-8-18)22-13-26-14-32-22/h7-10,12-15,17,20,23H,5-6,11H2,1-4H3,(H,27,30).